The third kappa shape index (κ3) is 2.95. The molecule has 0 unspecified atom stereocenters. The lowest BCUT2D eigenvalue weighted by molar-refractivity contribution is -0.140. The third-order valence-corrected chi connectivity index (χ3v) is 5.27. The van der Waals surface area contributed by atoms with Crippen molar-refractivity contribution in [2.24, 2.45) is 0 Å². The van der Waals surface area contributed by atoms with Crippen LogP contribution >= 0.6 is 23.1 Å². The van der Waals surface area contributed by atoms with Crippen LogP contribution in [0.5, 0.6) is 0 Å². The number of aryl methyl sites for hydroxylation is 2. The lowest BCUT2D eigenvalue weighted by atomic mass is 10.1. The van der Waals surface area contributed by atoms with Crippen LogP contribution in [0.25, 0.3) is 0 Å². The summed E-state index contributed by atoms with van der Waals surface area (Å²) in [5.41, 5.74) is 1.20. The first kappa shape index (κ1) is 14.4. The summed E-state index contributed by atoms with van der Waals surface area (Å²) in [5.74, 6) is -0.114. The quantitative estimate of drug-likeness (QED) is 0.928. The van der Waals surface area contributed by atoms with Gasteiger partial charge < -0.3 is 10.0 Å². The second-order valence-electron chi connectivity index (χ2n) is 4.57. The maximum Gasteiger partial charge on any atom is 0.327 e. The molecular formula is C13H17NO3S2. The molecule has 1 saturated heterocycles. The standard InChI is InChI=1S/C13H17NO3S2/c1-3-4-9-5-11(19-8(9)2)12(15)14-7-18-6-10(14)13(16)17/h5,10H,3-4,6-7H2,1-2H3,(H,16,17)/t10-/m0/s1. The highest BCUT2D eigenvalue weighted by molar-refractivity contribution is 7.99. The molecular weight excluding hydrogens is 282 g/mol. The van der Waals surface area contributed by atoms with Crippen molar-refractivity contribution in [3.05, 3.63) is 21.4 Å². The Morgan fingerprint density at radius 1 is 1.53 bits per heavy atom. The number of carbonyl (C=O) groups excluding carboxylic acids is 1. The second kappa shape index (κ2) is 5.96. The number of carboxylic acids is 1. The van der Waals surface area contributed by atoms with Crippen LogP contribution in [0, 0.1) is 6.92 Å². The number of thiophene rings is 1. The van der Waals surface area contributed by atoms with Gasteiger partial charge in [-0.3, -0.25) is 4.79 Å². The maximum absolute atomic E-state index is 12.4. The van der Waals surface area contributed by atoms with Gasteiger partial charge in [0, 0.05) is 10.6 Å². The van der Waals surface area contributed by atoms with Gasteiger partial charge in [-0.05, 0) is 25.0 Å². The molecule has 6 heteroatoms. The summed E-state index contributed by atoms with van der Waals surface area (Å²) in [6.45, 7) is 4.12. The van der Waals surface area contributed by atoms with E-state index >= 15 is 0 Å². The summed E-state index contributed by atoms with van der Waals surface area (Å²) in [4.78, 5) is 26.8. The minimum absolute atomic E-state index is 0.146. The summed E-state index contributed by atoms with van der Waals surface area (Å²) >= 11 is 2.96. The van der Waals surface area contributed by atoms with E-state index in [4.69, 9.17) is 5.11 Å². The van der Waals surface area contributed by atoms with Gasteiger partial charge in [0.2, 0.25) is 0 Å². The Morgan fingerprint density at radius 2 is 2.26 bits per heavy atom. The zero-order valence-corrected chi connectivity index (χ0v) is 12.6. The number of nitrogens with zero attached hydrogens (tertiary/aromatic N) is 1. The van der Waals surface area contributed by atoms with Crippen molar-refractivity contribution >= 4 is 35.0 Å². The average Bonchev–Trinajstić information content (AvgIpc) is 2.96. The first-order valence-corrected chi connectivity index (χ1v) is 8.22. The van der Waals surface area contributed by atoms with Gasteiger partial charge in [0.25, 0.3) is 5.91 Å². The first-order valence-electron chi connectivity index (χ1n) is 6.25. The summed E-state index contributed by atoms with van der Waals surface area (Å²) in [6, 6.07) is 1.24. The zero-order valence-electron chi connectivity index (χ0n) is 11.0. The van der Waals surface area contributed by atoms with E-state index in [0.29, 0.717) is 16.5 Å². The Balaban J connectivity index is 2.19. The molecule has 104 valence electrons. The Hall–Kier alpha value is -1.01. The van der Waals surface area contributed by atoms with E-state index in [-0.39, 0.29) is 5.91 Å². The molecule has 1 amide bonds. The minimum Gasteiger partial charge on any atom is -0.480 e. The molecule has 0 saturated carbocycles. The Kier molecular flexibility index (Phi) is 4.52. The van der Waals surface area contributed by atoms with E-state index in [1.165, 1.54) is 33.6 Å². The predicted molar refractivity (Wildman–Crippen MR) is 78.0 cm³/mol. The monoisotopic (exact) mass is 299 g/mol. The van der Waals surface area contributed by atoms with Gasteiger partial charge in [0.05, 0.1) is 10.8 Å². The van der Waals surface area contributed by atoms with E-state index in [9.17, 15) is 9.59 Å². The summed E-state index contributed by atoms with van der Waals surface area (Å²) in [6.07, 6.45) is 2.01. The van der Waals surface area contributed by atoms with Crippen molar-refractivity contribution in [2.75, 3.05) is 11.6 Å². The molecule has 1 fully saturated rings. The maximum atomic E-state index is 12.4. The highest BCUT2D eigenvalue weighted by Crippen LogP contribution is 2.28. The van der Waals surface area contributed by atoms with E-state index in [2.05, 4.69) is 6.92 Å². The van der Waals surface area contributed by atoms with E-state index in [0.717, 1.165) is 17.7 Å². The lowest BCUT2D eigenvalue weighted by Crippen LogP contribution is -2.41. The molecule has 0 bridgehead atoms. The Bertz CT molecular complexity index is 498. The van der Waals surface area contributed by atoms with Gasteiger partial charge in [-0.2, -0.15) is 0 Å². The van der Waals surface area contributed by atoms with Crippen LogP contribution in [0.1, 0.15) is 33.5 Å². The second-order valence-corrected chi connectivity index (χ2v) is 6.83. The molecule has 0 aliphatic carbocycles. The molecule has 19 heavy (non-hydrogen) atoms. The molecule has 0 radical (unpaired) electrons. The molecule has 1 aromatic rings. The minimum atomic E-state index is -0.916. The van der Waals surface area contributed by atoms with Crippen LogP contribution in [0.4, 0.5) is 0 Å². The number of carboxylic acid groups (broad SMARTS) is 1. The molecule has 0 spiro atoms. The number of hydrogen-bond donors (Lipinski definition) is 1. The first-order chi connectivity index (χ1) is 9.04. The van der Waals surface area contributed by atoms with Crippen LogP contribution in [0.2, 0.25) is 0 Å². The van der Waals surface area contributed by atoms with Gasteiger partial charge in [0.15, 0.2) is 0 Å². The summed E-state index contributed by atoms with van der Waals surface area (Å²) in [5, 5.41) is 9.12. The molecule has 2 rings (SSSR count). The Morgan fingerprint density at radius 3 is 2.89 bits per heavy atom. The molecule has 1 aromatic heterocycles. The number of amides is 1. The summed E-state index contributed by atoms with van der Waals surface area (Å²) in [7, 11) is 0. The SMILES string of the molecule is CCCc1cc(C(=O)N2CSC[C@H]2C(=O)O)sc1C. The molecule has 4 nitrogen and oxygen atoms in total. The van der Waals surface area contributed by atoms with Gasteiger partial charge in [0.1, 0.15) is 6.04 Å². The fourth-order valence-corrected chi connectivity index (χ4v) is 4.30. The summed E-state index contributed by atoms with van der Waals surface area (Å²) < 4.78 is 0. The lowest BCUT2D eigenvalue weighted by Gasteiger charge is -2.19. The molecule has 2 heterocycles. The highest BCUT2D eigenvalue weighted by atomic mass is 32.2. The van der Waals surface area contributed by atoms with Crippen LogP contribution in [0.15, 0.2) is 6.07 Å². The fourth-order valence-electron chi connectivity index (χ4n) is 2.13. The zero-order chi connectivity index (χ0) is 14.0. The van der Waals surface area contributed by atoms with Crippen molar-refractivity contribution < 1.29 is 14.7 Å². The molecule has 1 aliphatic heterocycles. The van der Waals surface area contributed by atoms with Crippen molar-refractivity contribution in [1.82, 2.24) is 4.90 Å². The molecule has 0 aromatic carbocycles. The van der Waals surface area contributed by atoms with Crippen LogP contribution in [0.3, 0.4) is 0 Å². The highest BCUT2D eigenvalue weighted by Gasteiger charge is 2.35. The van der Waals surface area contributed by atoms with E-state index in [1.54, 1.807) is 0 Å². The van der Waals surface area contributed by atoms with Crippen molar-refractivity contribution in [3.63, 3.8) is 0 Å². The smallest absolute Gasteiger partial charge is 0.327 e. The van der Waals surface area contributed by atoms with Crippen molar-refractivity contribution in [2.45, 2.75) is 32.7 Å². The average molecular weight is 299 g/mol. The van der Waals surface area contributed by atoms with Crippen molar-refractivity contribution in [3.8, 4) is 0 Å². The largest absolute Gasteiger partial charge is 0.480 e. The number of aliphatic carboxylic acids is 1. The van der Waals surface area contributed by atoms with Crippen molar-refractivity contribution in [1.29, 1.82) is 0 Å². The van der Waals surface area contributed by atoms with Crippen LogP contribution in [-0.2, 0) is 11.2 Å². The van der Waals surface area contributed by atoms with Gasteiger partial charge >= 0.3 is 5.97 Å². The number of hydrogen-bond acceptors (Lipinski definition) is 4. The molecule has 1 aliphatic rings. The number of carbonyl (C=O) groups is 2. The Labute approximate surface area is 120 Å². The van der Waals surface area contributed by atoms with Gasteiger partial charge in [-0.1, -0.05) is 13.3 Å². The molecule has 1 atom stereocenters. The predicted octanol–water partition coefficient (Wildman–Crippen LogP) is 2.61. The van der Waals surface area contributed by atoms with Gasteiger partial charge in [-0.25, -0.2) is 4.79 Å². The fraction of sp³-hybridized carbons (Fsp3) is 0.538. The van der Waals surface area contributed by atoms with Crippen LogP contribution < -0.4 is 0 Å². The number of thioether (sulfide) groups is 1. The van der Waals surface area contributed by atoms with E-state index < -0.39 is 12.0 Å². The molecule has 1 N–H and O–H groups in total. The third-order valence-electron chi connectivity index (χ3n) is 3.18. The topological polar surface area (TPSA) is 57.6 Å². The van der Waals surface area contributed by atoms with Gasteiger partial charge in [-0.15, -0.1) is 23.1 Å². The van der Waals surface area contributed by atoms with E-state index in [1.807, 2.05) is 13.0 Å². The van der Waals surface area contributed by atoms with Crippen LogP contribution in [-0.4, -0.2) is 39.6 Å². The number of rotatable bonds is 4. The normalized spacial score (nSPS) is 18.8.